The summed E-state index contributed by atoms with van der Waals surface area (Å²) in [6.07, 6.45) is 5.96. The number of carbonyl (C=O) groups is 1. The van der Waals surface area contributed by atoms with E-state index < -0.39 is 0 Å². The highest BCUT2D eigenvalue weighted by Gasteiger charge is 2.38. The Bertz CT molecular complexity index is 518. The fourth-order valence-electron chi connectivity index (χ4n) is 3.56. The van der Waals surface area contributed by atoms with E-state index in [0.29, 0.717) is 23.4 Å². The number of anilines is 2. The molecular weight excluding hydrogens is 266 g/mol. The Labute approximate surface area is 125 Å². The Morgan fingerprint density at radius 1 is 1.38 bits per heavy atom. The first-order chi connectivity index (χ1) is 10.2. The van der Waals surface area contributed by atoms with Crippen molar-refractivity contribution in [1.82, 2.24) is 5.32 Å². The van der Waals surface area contributed by atoms with E-state index in [1.165, 1.54) is 25.7 Å². The van der Waals surface area contributed by atoms with Crippen molar-refractivity contribution in [2.45, 2.75) is 44.2 Å². The van der Waals surface area contributed by atoms with Crippen LogP contribution in [0.1, 0.15) is 32.1 Å². The Kier molecular flexibility index (Phi) is 4.01. The summed E-state index contributed by atoms with van der Waals surface area (Å²) in [7, 11) is 1.58. The Morgan fingerprint density at radius 3 is 2.90 bits per heavy atom. The van der Waals surface area contributed by atoms with Crippen molar-refractivity contribution in [3.63, 3.8) is 0 Å². The summed E-state index contributed by atoms with van der Waals surface area (Å²) < 4.78 is 5.12. The highest BCUT2D eigenvalue weighted by Crippen LogP contribution is 2.33. The van der Waals surface area contributed by atoms with Gasteiger partial charge in [-0.1, -0.05) is 12.8 Å². The summed E-state index contributed by atoms with van der Waals surface area (Å²) in [5.74, 6) is 1.32. The first-order valence-electron chi connectivity index (χ1n) is 7.68. The molecule has 1 aliphatic heterocycles. The quantitative estimate of drug-likeness (QED) is 0.745. The lowest BCUT2D eigenvalue weighted by molar-refractivity contribution is -0.117. The molecule has 2 fully saturated rings. The molecule has 0 aromatic heterocycles. The molecule has 3 atom stereocenters. The number of hydrogen-bond donors (Lipinski definition) is 3. The number of nitrogens with one attached hydrogen (secondary N) is 2. The summed E-state index contributed by atoms with van der Waals surface area (Å²) in [5, 5.41) is 6.43. The summed E-state index contributed by atoms with van der Waals surface area (Å²) in [5.41, 5.74) is 7.11. The monoisotopic (exact) mass is 289 g/mol. The normalized spacial score (nSPS) is 28.0. The molecule has 2 aliphatic rings. The molecule has 5 nitrogen and oxygen atoms in total. The lowest BCUT2D eigenvalue weighted by Gasteiger charge is -2.24. The van der Waals surface area contributed by atoms with Crippen molar-refractivity contribution in [3.05, 3.63) is 18.2 Å². The van der Waals surface area contributed by atoms with Crippen LogP contribution in [0.2, 0.25) is 0 Å². The Hall–Kier alpha value is -1.75. The van der Waals surface area contributed by atoms with E-state index in [4.69, 9.17) is 10.5 Å². The fraction of sp³-hybridized carbons (Fsp3) is 0.562. The topological polar surface area (TPSA) is 76.4 Å². The highest BCUT2D eigenvalue weighted by molar-refractivity contribution is 5.95. The van der Waals surface area contributed by atoms with Crippen molar-refractivity contribution in [2.24, 2.45) is 5.92 Å². The lowest BCUT2D eigenvalue weighted by Crippen LogP contribution is -2.39. The molecule has 1 aliphatic carbocycles. The van der Waals surface area contributed by atoms with Gasteiger partial charge in [0.2, 0.25) is 5.91 Å². The van der Waals surface area contributed by atoms with Gasteiger partial charge in [0.25, 0.3) is 0 Å². The first-order valence-corrected chi connectivity index (χ1v) is 7.68. The van der Waals surface area contributed by atoms with Crippen LogP contribution in [0, 0.1) is 5.92 Å². The van der Waals surface area contributed by atoms with Crippen LogP contribution in [0.5, 0.6) is 5.75 Å². The maximum absolute atomic E-state index is 12.4. The third-order valence-corrected chi connectivity index (χ3v) is 4.68. The van der Waals surface area contributed by atoms with Crippen LogP contribution in [-0.2, 0) is 4.79 Å². The molecule has 3 unspecified atom stereocenters. The van der Waals surface area contributed by atoms with E-state index in [2.05, 4.69) is 10.6 Å². The molecule has 1 amide bonds. The van der Waals surface area contributed by atoms with Crippen molar-refractivity contribution in [2.75, 3.05) is 18.2 Å². The number of rotatable bonds is 3. The minimum absolute atomic E-state index is 0.0361. The third-order valence-electron chi connectivity index (χ3n) is 4.68. The molecule has 3 rings (SSSR count). The molecule has 0 bridgehead atoms. The molecule has 114 valence electrons. The van der Waals surface area contributed by atoms with Gasteiger partial charge in [-0.25, -0.2) is 0 Å². The minimum atomic E-state index is -0.0820. The Morgan fingerprint density at radius 2 is 2.19 bits per heavy atom. The van der Waals surface area contributed by atoms with Crippen LogP contribution in [0.4, 0.5) is 11.4 Å². The van der Waals surface area contributed by atoms with Gasteiger partial charge < -0.3 is 21.1 Å². The molecule has 1 saturated heterocycles. The SMILES string of the molecule is COc1ccc(NC(=O)C2CC3CCCCC3N2)cc1N. The third kappa shape index (κ3) is 2.97. The number of fused-ring (bicyclic) bond motifs is 1. The van der Waals surface area contributed by atoms with Crippen molar-refractivity contribution in [3.8, 4) is 5.75 Å². The van der Waals surface area contributed by atoms with Gasteiger partial charge in [-0.3, -0.25) is 4.79 Å². The van der Waals surface area contributed by atoms with Crippen LogP contribution in [-0.4, -0.2) is 25.1 Å². The average molecular weight is 289 g/mol. The maximum atomic E-state index is 12.4. The molecule has 1 heterocycles. The number of nitrogen functional groups attached to an aromatic ring is 1. The molecule has 4 N–H and O–H groups in total. The summed E-state index contributed by atoms with van der Waals surface area (Å²) >= 11 is 0. The van der Waals surface area contributed by atoms with Crippen LogP contribution in [0.15, 0.2) is 18.2 Å². The molecule has 1 saturated carbocycles. The molecule has 5 heteroatoms. The molecular formula is C16H23N3O2. The van der Waals surface area contributed by atoms with Crippen molar-refractivity contribution >= 4 is 17.3 Å². The van der Waals surface area contributed by atoms with Gasteiger partial charge in [0, 0.05) is 11.7 Å². The van der Waals surface area contributed by atoms with E-state index in [0.717, 1.165) is 12.1 Å². The predicted octanol–water partition coefficient (Wildman–Crippen LogP) is 2.14. The van der Waals surface area contributed by atoms with Crippen LogP contribution < -0.4 is 21.1 Å². The van der Waals surface area contributed by atoms with Gasteiger partial charge in [-0.2, -0.15) is 0 Å². The van der Waals surface area contributed by atoms with Gasteiger partial charge >= 0.3 is 0 Å². The fourth-order valence-corrected chi connectivity index (χ4v) is 3.56. The average Bonchev–Trinajstić information content (AvgIpc) is 2.91. The zero-order chi connectivity index (χ0) is 14.8. The first kappa shape index (κ1) is 14.2. The summed E-state index contributed by atoms with van der Waals surface area (Å²) in [6, 6.07) is 5.76. The maximum Gasteiger partial charge on any atom is 0.241 e. The number of amides is 1. The zero-order valence-corrected chi connectivity index (χ0v) is 12.4. The van der Waals surface area contributed by atoms with Gasteiger partial charge in [0.15, 0.2) is 0 Å². The van der Waals surface area contributed by atoms with Crippen LogP contribution >= 0.6 is 0 Å². The number of ether oxygens (including phenoxy) is 1. The molecule has 0 spiro atoms. The van der Waals surface area contributed by atoms with E-state index in [-0.39, 0.29) is 11.9 Å². The van der Waals surface area contributed by atoms with E-state index in [1.807, 2.05) is 6.07 Å². The molecule has 1 aromatic rings. The van der Waals surface area contributed by atoms with Gasteiger partial charge in [0.1, 0.15) is 5.75 Å². The van der Waals surface area contributed by atoms with Crippen molar-refractivity contribution < 1.29 is 9.53 Å². The predicted molar refractivity (Wildman–Crippen MR) is 83.3 cm³/mol. The van der Waals surface area contributed by atoms with Crippen molar-refractivity contribution in [1.29, 1.82) is 0 Å². The van der Waals surface area contributed by atoms with E-state index >= 15 is 0 Å². The second-order valence-electron chi connectivity index (χ2n) is 6.05. The van der Waals surface area contributed by atoms with Gasteiger partial charge in [-0.05, 0) is 43.4 Å². The van der Waals surface area contributed by atoms with Crippen LogP contribution in [0.3, 0.4) is 0 Å². The number of benzene rings is 1. The molecule has 21 heavy (non-hydrogen) atoms. The second kappa shape index (κ2) is 5.93. The standard InChI is InChI=1S/C16H23N3O2/c1-21-15-7-6-11(9-12(15)17)18-16(20)14-8-10-4-2-3-5-13(10)19-14/h6-7,9-10,13-14,19H,2-5,8,17H2,1H3,(H,18,20). The smallest absolute Gasteiger partial charge is 0.241 e. The lowest BCUT2D eigenvalue weighted by atomic mass is 9.85. The van der Waals surface area contributed by atoms with Gasteiger partial charge in [0.05, 0.1) is 18.8 Å². The number of carbonyl (C=O) groups excluding carboxylic acids is 1. The molecule has 1 aromatic carbocycles. The number of nitrogens with two attached hydrogens (primary N) is 1. The van der Waals surface area contributed by atoms with Crippen LogP contribution in [0.25, 0.3) is 0 Å². The Balaban J connectivity index is 1.62. The zero-order valence-electron chi connectivity index (χ0n) is 12.4. The molecule has 0 radical (unpaired) electrons. The number of methoxy groups -OCH3 is 1. The largest absolute Gasteiger partial charge is 0.495 e. The highest BCUT2D eigenvalue weighted by atomic mass is 16.5. The second-order valence-corrected chi connectivity index (χ2v) is 6.05. The number of hydrogen-bond acceptors (Lipinski definition) is 4. The minimum Gasteiger partial charge on any atom is -0.495 e. The summed E-state index contributed by atoms with van der Waals surface area (Å²) in [4.78, 5) is 12.4. The summed E-state index contributed by atoms with van der Waals surface area (Å²) in [6.45, 7) is 0. The van der Waals surface area contributed by atoms with Gasteiger partial charge in [-0.15, -0.1) is 0 Å². The van der Waals surface area contributed by atoms with E-state index in [1.54, 1.807) is 19.2 Å². The van der Waals surface area contributed by atoms with E-state index in [9.17, 15) is 4.79 Å².